The number of hydrogen-bond donors (Lipinski definition) is 1. The van der Waals surface area contributed by atoms with Gasteiger partial charge < -0.3 is 10.1 Å². The number of rotatable bonds is 2. The van der Waals surface area contributed by atoms with E-state index in [4.69, 9.17) is 4.74 Å². The van der Waals surface area contributed by atoms with Gasteiger partial charge in [0.2, 0.25) is 0 Å². The number of nitrogens with zero attached hydrogens (tertiary/aromatic N) is 1. The smallest absolute Gasteiger partial charge is 0.129 e. The maximum Gasteiger partial charge on any atom is 0.129 e. The zero-order chi connectivity index (χ0) is 9.97. The van der Waals surface area contributed by atoms with Gasteiger partial charge in [-0.2, -0.15) is 0 Å². The van der Waals surface area contributed by atoms with Crippen LogP contribution in [0.4, 0.5) is 5.82 Å². The molecule has 0 aliphatic carbocycles. The van der Waals surface area contributed by atoms with Gasteiger partial charge in [-0.25, -0.2) is 4.98 Å². The zero-order valence-corrected chi connectivity index (χ0v) is 8.66. The minimum Gasteiger partial charge on any atom is -0.376 e. The molecule has 1 saturated heterocycles. The lowest BCUT2D eigenvalue weighted by Gasteiger charge is -2.17. The van der Waals surface area contributed by atoms with Gasteiger partial charge in [0, 0.05) is 12.8 Å². The van der Waals surface area contributed by atoms with Gasteiger partial charge in [-0.05, 0) is 31.9 Å². The predicted octanol–water partition coefficient (Wildman–Crippen LogP) is 1.98. The first-order valence-electron chi connectivity index (χ1n) is 5.07. The van der Waals surface area contributed by atoms with Crippen LogP contribution in [0.15, 0.2) is 18.3 Å². The molecule has 14 heavy (non-hydrogen) atoms. The predicted molar refractivity (Wildman–Crippen MR) is 56.4 cm³/mol. The molecule has 2 rings (SSSR count). The lowest BCUT2D eigenvalue weighted by atomic mass is 10.1. The van der Waals surface area contributed by atoms with E-state index in [-0.39, 0.29) is 6.10 Å². The summed E-state index contributed by atoms with van der Waals surface area (Å²) in [5.74, 6) is 0.981. The normalized spacial score (nSPS) is 26.4. The molecule has 0 amide bonds. The molecule has 1 fully saturated rings. The fraction of sp³-hybridized carbons (Fsp3) is 0.545. The van der Waals surface area contributed by atoms with E-state index in [0.29, 0.717) is 6.04 Å². The number of nitrogens with one attached hydrogen (secondary N) is 1. The van der Waals surface area contributed by atoms with Crippen molar-refractivity contribution in [2.75, 3.05) is 11.9 Å². The highest BCUT2D eigenvalue weighted by Gasteiger charge is 2.24. The molecule has 0 saturated carbocycles. The van der Waals surface area contributed by atoms with Gasteiger partial charge >= 0.3 is 0 Å². The fourth-order valence-corrected chi connectivity index (χ4v) is 1.73. The van der Waals surface area contributed by atoms with Crippen LogP contribution in [0.5, 0.6) is 0 Å². The van der Waals surface area contributed by atoms with Crippen LogP contribution in [0.1, 0.15) is 18.9 Å². The first-order chi connectivity index (χ1) is 6.77. The van der Waals surface area contributed by atoms with Gasteiger partial charge in [0.25, 0.3) is 0 Å². The lowest BCUT2D eigenvalue weighted by Crippen LogP contribution is -2.27. The van der Waals surface area contributed by atoms with Gasteiger partial charge in [-0.1, -0.05) is 6.07 Å². The van der Waals surface area contributed by atoms with Gasteiger partial charge in [-0.3, -0.25) is 0 Å². The maximum absolute atomic E-state index is 5.49. The van der Waals surface area contributed by atoms with Crippen molar-refractivity contribution in [3.05, 3.63) is 23.9 Å². The average molecular weight is 192 g/mol. The molecular formula is C11H16N2O. The Morgan fingerprint density at radius 2 is 2.43 bits per heavy atom. The Morgan fingerprint density at radius 1 is 1.57 bits per heavy atom. The van der Waals surface area contributed by atoms with Crippen molar-refractivity contribution in [1.82, 2.24) is 4.98 Å². The molecule has 0 spiro atoms. The first kappa shape index (κ1) is 9.46. The Morgan fingerprint density at radius 3 is 3.07 bits per heavy atom. The van der Waals surface area contributed by atoms with E-state index in [1.165, 1.54) is 5.56 Å². The second-order valence-electron chi connectivity index (χ2n) is 3.78. The Labute approximate surface area is 84.5 Å². The minimum absolute atomic E-state index is 0.288. The molecule has 1 aliphatic rings. The second-order valence-corrected chi connectivity index (χ2v) is 3.78. The van der Waals surface area contributed by atoms with E-state index < -0.39 is 0 Å². The Balaban J connectivity index is 2.07. The lowest BCUT2D eigenvalue weighted by molar-refractivity contribution is 0.121. The zero-order valence-electron chi connectivity index (χ0n) is 8.66. The summed E-state index contributed by atoms with van der Waals surface area (Å²) in [5.41, 5.74) is 1.19. The van der Waals surface area contributed by atoms with Crippen molar-refractivity contribution in [2.45, 2.75) is 32.4 Å². The standard InChI is InChI=1S/C11H16N2O/c1-8-4-3-6-12-11(8)13-10-5-7-14-9(10)2/h3-4,6,9-10H,5,7H2,1-2H3,(H,12,13). The third-order valence-corrected chi connectivity index (χ3v) is 2.71. The second kappa shape index (κ2) is 3.96. The van der Waals surface area contributed by atoms with E-state index in [0.717, 1.165) is 18.8 Å². The van der Waals surface area contributed by atoms with Gasteiger partial charge in [-0.15, -0.1) is 0 Å². The molecule has 1 N–H and O–H groups in total. The monoisotopic (exact) mass is 192 g/mol. The number of aromatic nitrogens is 1. The molecular weight excluding hydrogens is 176 g/mol. The molecule has 0 aromatic carbocycles. The molecule has 2 atom stereocenters. The van der Waals surface area contributed by atoms with E-state index >= 15 is 0 Å². The number of aryl methyl sites for hydroxylation is 1. The molecule has 1 aromatic rings. The van der Waals surface area contributed by atoms with Crippen LogP contribution in [0.3, 0.4) is 0 Å². The largest absolute Gasteiger partial charge is 0.376 e. The van der Waals surface area contributed by atoms with Crippen LogP contribution in [0.2, 0.25) is 0 Å². The fourth-order valence-electron chi connectivity index (χ4n) is 1.73. The number of pyridine rings is 1. The van der Waals surface area contributed by atoms with Crippen LogP contribution in [-0.4, -0.2) is 23.7 Å². The van der Waals surface area contributed by atoms with E-state index in [2.05, 4.69) is 30.2 Å². The Bertz CT molecular complexity index is 314. The summed E-state index contributed by atoms with van der Waals surface area (Å²) in [5, 5.41) is 3.42. The van der Waals surface area contributed by atoms with Crippen molar-refractivity contribution in [1.29, 1.82) is 0 Å². The van der Waals surface area contributed by atoms with E-state index in [1.54, 1.807) is 0 Å². The summed E-state index contributed by atoms with van der Waals surface area (Å²) in [4.78, 5) is 4.31. The van der Waals surface area contributed by atoms with Gasteiger partial charge in [0.15, 0.2) is 0 Å². The minimum atomic E-state index is 0.288. The third-order valence-electron chi connectivity index (χ3n) is 2.71. The summed E-state index contributed by atoms with van der Waals surface area (Å²) in [7, 11) is 0. The van der Waals surface area contributed by atoms with Crippen molar-refractivity contribution >= 4 is 5.82 Å². The first-order valence-corrected chi connectivity index (χ1v) is 5.07. The molecule has 2 heterocycles. The molecule has 3 heteroatoms. The summed E-state index contributed by atoms with van der Waals surface area (Å²) in [6, 6.07) is 4.42. The highest BCUT2D eigenvalue weighted by Crippen LogP contribution is 2.19. The molecule has 0 bridgehead atoms. The molecule has 2 unspecified atom stereocenters. The van der Waals surface area contributed by atoms with Gasteiger partial charge in [0.05, 0.1) is 12.1 Å². The van der Waals surface area contributed by atoms with Crippen molar-refractivity contribution in [3.63, 3.8) is 0 Å². The maximum atomic E-state index is 5.49. The number of hydrogen-bond acceptors (Lipinski definition) is 3. The highest BCUT2D eigenvalue weighted by atomic mass is 16.5. The Kier molecular flexibility index (Phi) is 2.68. The Hall–Kier alpha value is -1.09. The summed E-state index contributed by atoms with van der Waals surface area (Å²) in [6.07, 6.45) is 3.17. The third kappa shape index (κ3) is 1.87. The van der Waals surface area contributed by atoms with Crippen LogP contribution in [0, 0.1) is 6.92 Å². The van der Waals surface area contributed by atoms with Crippen LogP contribution in [0.25, 0.3) is 0 Å². The summed E-state index contributed by atoms with van der Waals surface area (Å²) < 4.78 is 5.49. The van der Waals surface area contributed by atoms with Crippen molar-refractivity contribution < 1.29 is 4.74 Å². The highest BCUT2D eigenvalue weighted by molar-refractivity contribution is 5.43. The average Bonchev–Trinajstić information content (AvgIpc) is 2.56. The van der Waals surface area contributed by atoms with Crippen molar-refractivity contribution in [2.24, 2.45) is 0 Å². The van der Waals surface area contributed by atoms with Crippen molar-refractivity contribution in [3.8, 4) is 0 Å². The quantitative estimate of drug-likeness (QED) is 0.778. The molecule has 1 aliphatic heterocycles. The summed E-state index contributed by atoms with van der Waals surface area (Å²) in [6.45, 7) is 5.02. The van der Waals surface area contributed by atoms with Crippen LogP contribution >= 0.6 is 0 Å². The molecule has 0 radical (unpaired) electrons. The SMILES string of the molecule is Cc1cccnc1NC1CCOC1C. The van der Waals surface area contributed by atoms with Crippen LogP contribution in [-0.2, 0) is 4.74 Å². The topological polar surface area (TPSA) is 34.2 Å². The molecule has 1 aromatic heterocycles. The van der Waals surface area contributed by atoms with E-state index in [1.807, 2.05) is 12.3 Å². The molecule has 3 nitrogen and oxygen atoms in total. The number of anilines is 1. The molecule has 76 valence electrons. The van der Waals surface area contributed by atoms with Crippen LogP contribution < -0.4 is 5.32 Å². The summed E-state index contributed by atoms with van der Waals surface area (Å²) >= 11 is 0. The van der Waals surface area contributed by atoms with E-state index in [9.17, 15) is 0 Å². The number of ether oxygens (including phenoxy) is 1. The van der Waals surface area contributed by atoms with Gasteiger partial charge in [0.1, 0.15) is 5.82 Å².